The van der Waals surface area contributed by atoms with E-state index in [1.165, 1.54) is 17.8 Å². The van der Waals surface area contributed by atoms with Crippen molar-refractivity contribution in [2.75, 3.05) is 10.8 Å². The van der Waals surface area contributed by atoms with Gasteiger partial charge in [0.15, 0.2) is 5.76 Å². The fourth-order valence-electron chi connectivity index (χ4n) is 2.77. The molecule has 0 amide bonds. The standard InChI is InChI=1S/C15H15F2N3O3S.C2H6.CH3.Y/c1-9-5-3-4-6-10(9)15-14(21)13-11(7-18-19(13)2)20(8-12(16)17)24(15,22)23;1-2;;/h3-7,12,21H,8H2,1-2H3;1-2H3;1H3;/q;;-1;. The maximum atomic E-state index is 13.0. The number of aliphatic hydroxyl groups excluding tert-OH is 1. The van der Waals surface area contributed by atoms with E-state index in [1.54, 1.807) is 25.1 Å². The zero-order valence-corrected chi connectivity index (χ0v) is 20.2. The Bertz CT molecular complexity index is 943. The molecule has 2 aromatic rings. The van der Waals surface area contributed by atoms with Crippen LogP contribution < -0.4 is 4.31 Å². The van der Waals surface area contributed by atoms with Crippen molar-refractivity contribution in [1.29, 1.82) is 0 Å². The van der Waals surface area contributed by atoms with Crippen LogP contribution in [-0.4, -0.2) is 36.3 Å². The number of rotatable bonds is 3. The summed E-state index contributed by atoms with van der Waals surface area (Å²) in [7, 11) is -2.85. The second kappa shape index (κ2) is 10.5. The number of aromatic nitrogens is 2. The average Bonchev–Trinajstić information content (AvgIpc) is 2.96. The first-order valence-electron chi connectivity index (χ1n) is 8.07. The molecule has 1 aromatic carbocycles. The first-order chi connectivity index (χ1) is 12.2. The molecule has 0 bridgehead atoms. The summed E-state index contributed by atoms with van der Waals surface area (Å²) in [5, 5.41) is 14.5. The van der Waals surface area contributed by atoms with E-state index in [0.29, 0.717) is 9.87 Å². The van der Waals surface area contributed by atoms with Crippen LogP contribution in [0.1, 0.15) is 30.7 Å². The summed E-state index contributed by atoms with van der Waals surface area (Å²) < 4.78 is 53.6. The predicted octanol–water partition coefficient (Wildman–Crippen LogP) is 4.00. The normalized spacial score (nSPS) is 14.5. The second-order valence-electron chi connectivity index (χ2n) is 5.42. The molecule has 1 aliphatic heterocycles. The minimum absolute atomic E-state index is 0. The molecule has 6 nitrogen and oxygen atoms in total. The molecular formula is C18H24F2N3O3SY-. The number of alkyl halides is 2. The monoisotopic (exact) mass is 489 g/mol. The smallest absolute Gasteiger partial charge is 0.269 e. The van der Waals surface area contributed by atoms with Crippen molar-refractivity contribution < 1.29 is 55.0 Å². The molecule has 0 saturated heterocycles. The first-order valence-corrected chi connectivity index (χ1v) is 9.51. The maximum absolute atomic E-state index is 13.0. The molecule has 2 heterocycles. The number of sulfonamides is 1. The summed E-state index contributed by atoms with van der Waals surface area (Å²) in [6, 6.07) is 6.55. The van der Waals surface area contributed by atoms with Crippen molar-refractivity contribution in [2.24, 2.45) is 7.05 Å². The summed E-state index contributed by atoms with van der Waals surface area (Å²) in [4.78, 5) is -0.391. The molecular weight excluding hydrogens is 465 g/mol. The summed E-state index contributed by atoms with van der Waals surface area (Å²) in [6.07, 6.45) is -1.72. The van der Waals surface area contributed by atoms with Crippen molar-refractivity contribution in [3.63, 3.8) is 0 Å². The number of hydrogen-bond acceptors (Lipinski definition) is 4. The quantitative estimate of drug-likeness (QED) is 0.662. The Morgan fingerprint density at radius 1 is 1.21 bits per heavy atom. The van der Waals surface area contributed by atoms with Crippen LogP contribution >= 0.6 is 0 Å². The summed E-state index contributed by atoms with van der Waals surface area (Å²) >= 11 is 0. The zero-order chi connectivity index (χ0) is 19.6. The van der Waals surface area contributed by atoms with Gasteiger partial charge in [0.25, 0.3) is 16.4 Å². The van der Waals surface area contributed by atoms with Crippen molar-refractivity contribution in [3.8, 4) is 0 Å². The van der Waals surface area contributed by atoms with Gasteiger partial charge in [-0.2, -0.15) is 5.10 Å². The van der Waals surface area contributed by atoms with Crippen LogP contribution in [0, 0.1) is 14.4 Å². The van der Waals surface area contributed by atoms with Gasteiger partial charge in [-0.25, -0.2) is 17.2 Å². The van der Waals surface area contributed by atoms with E-state index >= 15 is 0 Å². The minimum atomic E-state index is -4.35. The van der Waals surface area contributed by atoms with Crippen LogP contribution in [0.25, 0.3) is 10.7 Å². The van der Waals surface area contributed by atoms with E-state index in [9.17, 15) is 22.3 Å². The van der Waals surface area contributed by atoms with Crippen LogP contribution in [0.3, 0.4) is 0 Å². The fraction of sp³-hybridized carbons (Fsp3) is 0.333. The van der Waals surface area contributed by atoms with Crippen LogP contribution in [0.15, 0.2) is 30.5 Å². The Kier molecular flexibility index (Phi) is 9.97. The van der Waals surface area contributed by atoms with Gasteiger partial charge in [-0.15, -0.1) is 0 Å². The van der Waals surface area contributed by atoms with Gasteiger partial charge < -0.3 is 12.5 Å². The Morgan fingerprint density at radius 3 is 2.32 bits per heavy atom. The molecule has 1 aliphatic rings. The molecule has 0 saturated carbocycles. The molecule has 0 spiro atoms. The average molecular weight is 489 g/mol. The number of aliphatic hydroxyl groups is 1. The van der Waals surface area contributed by atoms with Gasteiger partial charge in [0.1, 0.15) is 16.3 Å². The number of halogens is 2. The Labute approximate surface area is 190 Å². The molecule has 1 radical (unpaired) electrons. The molecule has 0 unspecified atom stereocenters. The van der Waals surface area contributed by atoms with E-state index in [1.807, 2.05) is 13.8 Å². The second-order valence-corrected chi connectivity index (χ2v) is 7.22. The Morgan fingerprint density at radius 2 is 1.79 bits per heavy atom. The predicted molar refractivity (Wildman–Crippen MR) is 104 cm³/mol. The van der Waals surface area contributed by atoms with E-state index in [0.717, 1.165) is 6.20 Å². The third-order valence-corrected chi connectivity index (χ3v) is 5.72. The van der Waals surface area contributed by atoms with Gasteiger partial charge >= 0.3 is 0 Å². The fourth-order valence-corrected chi connectivity index (χ4v) is 4.54. The molecule has 0 atom stereocenters. The van der Waals surface area contributed by atoms with Gasteiger partial charge in [0.05, 0.1) is 12.7 Å². The van der Waals surface area contributed by atoms with Crippen molar-refractivity contribution in [1.82, 2.24) is 9.78 Å². The molecule has 153 valence electrons. The minimum Gasteiger partial charge on any atom is -0.504 e. The van der Waals surface area contributed by atoms with E-state index in [-0.39, 0.29) is 57.1 Å². The number of fused-ring (bicyclic) bond motifs is 1. The molecule has 3 rings (SSSR count). The van der Waals surface area contributed by atoms with Crippen molar-refractivity contribution >= 4 is 26.4 Å². The van der Waals surface area contributed by atoms with Crippen LogP contribution in [0.5, 0.6) is 0 Å². The van der Waals surface area contributed by atoms with Gasteiger partial charge in [-0.1, -0.05) is 38.1 Å². The third-order valence-electron chi connectivity index (χ3n) is 3.87. The number of hydrogen-bond donors (Lipinski definition) is 1. The van der Waals surface area contributed by atoms with Crippen LogP contribution in [0.2, 0.25) is 0 Å². The first kappa shape index (κ1) is 26.7. The van der Waals surface area contributed by atoms with Gasteiger partial charge in [-0.3, -0.25) is 8.99 Å². The molecule has 28 heavy (non-hydrogen) atoms. The van der Waals surface area contributed by atoms with Gasteiger partial charge in [-0.05, 0) is 12.5 Å². The number of benzene rings is 1. The van der Waals surface area contributed by atoms with E-state index in [4.69, 9.17) is 0 Å². The molecule has 1 N–H and O–H groups in total. The molecule has 0 aliphatic carbocycles. The van der Waals surface area contributed by atoms with E-state index < -0.39 is 33.7 Å². The Balaban J connectivity index is 0.00000177. The zero-order valence-electron chi connectivity index (χ0n) is 16.5. The maximum Gasteiger partial charge on any atom is 0.269 e. The van der Waals surface area contributed by atoms with Crippen molar-refractivity contribution in [2.45, 2.75) is 27.2 Å². The van der Waals surface area contributed by atoms with Crippen LogP contribution in [0.4, 0.5) is 14.5 Å². The molecule has 1 aromatic heterocycles. The SMILES string of the molecule is CC.Cc1ccccc1C1=C(O)c2c(cnn2C)N(CC(F)F)S1(=O)=O.[CH3-].[Y]. The van der Waals surface area contributed by atoms with Gasteiger partial charge in [0, 0.05) is 45.3 Å². The van der Waals surface area contributed by atoms with Crippen molar-refractivity contribution in [3.05, 3.63) is 54.7 Å². The topological polar surface area (TPSA) is 75.4 Å². The summed E-state index contributed by atoms with van der Waals surface area (Å²) in [6.45, 7) is 4.67. The summed E-state index contributed by atoms with van der Waals surface area (Å²) in [5.41, 5.74) is 0.891. The van der Waals surface area contributed by atoms with Crippen LogP contribution in [-0.2, 0) is 49.8 Å². The Hall–Kier alpha value is -1.32. The van der Waals surface area contributed by atoms with E-state index in [2.05, 4.69) is 5.10 Å². The summed E-state index contributed by atoms with van der Waals surface area (Å²) in [5.74, 6) is -0.496. The number of anilines is 1. The molecule has 10 heteroatoms. The largest absolute Gasteiger partial charge is 0.504 e. The third kappa shape index (κ3) is 4.63. The van der Waals surface area contributed by atoms with Gasteiger partial charge in [0.2, 0.25) is 0 Å². The number of aryl methyl sites for hydroxylation is 2. The molecule has 0 fully saturated rings. The number of nitrogens with zero attached hydrogens (tertiary/aromatic N) is 3.